The van der Waals surface area contributed by atoms with E-state index < -0.39 is 0 Å². The van der Waals surface area contributed by atoms with Gasteiger partial charge in [0.2, 0.25) is 0 Å². The Labute approximate surface area is 103 Å². The van der Waals surface area contributed by atoms with Gasteiger partial charge in [-0.15, -0.1) is 0 Å². The summed E-state index contributed by atoms with van der Waals surface area (Å²) in [6.07, 6.45) is 6.79. The number of aromatic nitrogens is 2. The zero-order valence-electron chi connectivity index (χ0n) is 10.7. The van der Waals surface area contributed by atoms with E-state index in [0.717, 1.165) is 25.9 Å². The van der Waals surface area contributed by atoms with Gasteiger partial charge in [0.1, 0.15) is 0 Å². The molecular formula is C12H20BN3O. The number of hydrogen-bond donors (Lipinski definition) is 1. The Morgan fingerprint density at radius 1 is 1.35 bits per heavy atom. The van der Waals surface area contributed by atoms with Crippen molar-refractivity contribution in [2.24, 2.45) is 7.05 Å². The molecule has 1 aromatic heterocycles. The average molecular weight is 233 g/mol. The lowest BCUT2D eigenvalue weighted by Crippen LogP contribution is -2.48. The smallest absolute Gasteiger partial charge is 0.376 e. The highest BCUT2D eigenvalue weighted by molar-refractivity contribution is 6.45. The molecule has 0 saturated carbocycles. The van der Waals surface area contributed by atoms with E-state index >= 15 is 0 Å². The molecule has 2 heterocycles. The van der Waals surface area contributed by atoms with Crippen molar-refractivity contribution in [3.8, 4) is 0 Å². The van der Waals surface area contributed by atoms with Crippen LogP contribution in [0.4, 0.5) is 0 Å². The maximum atomic E-state index is 9.63. The van der Waals surface area contributed by atoms with Gasteiger partial charge in [0.15, 0.2) is 0 Å². The zero-order chi connectivity index (χ0) is 12.0. The van der Waals surface area contributed by atoms with Gasteiger partial charge in [-0.2, -0.15) is 5.10 Å². The first-order chi connectivity index (χ1) is 8.12. The summed E-state index contributed by atoms with van der Waals surface area (Å²) < 4.78 is 2.07. The third kappa shape index (κ3) is 1.64. The van der Waals surface area contributed by atoms with Gasteiger partial charge in [-0.05, 0) is 51.2 Å². The maximum absolute atomic E-state index is 9.63. The quantitative estimate of drug-likeness (QED) is 0.730. The monoisotopic (exact) mass is 233 g/mol. The van der Waals surface area contributed by atoms with Crippen LogP contribution in [0.5, 0.6) is 0 Å². The normalized spacial score (nSPS) is 23.0. The SMILES string of the molecule is CB(O)N1CCC2(CCc3cnn(C)c32)CC1. The van der Waals surface area contributed by atoms with Crippen molar-refractivity contribution in [2.75, 3.05) is 13.1 Å². The summed E-state index contributed by atoms with van der Waals surface area (Å²) in [5, 5.41) is 14.0. The highest BCUT2D eigenvalue weighted by Crippen LogP contribution is 2.45. The molecule has 0 atom stereocenters. The van der Waals surface area contributed by atoms with Crippen molar-refractivity contribution < 1.29 is 5.02 Å². The second-order valence-corrected chi connectivity index (χ2v) is 5.59. The molecule has 1 aliphatic carbocycles. The molecule has 1 saturated heterocycles. The highest BCUT2D eigenvalue weighted by atomic mass is 16.2. The van der Waals surface area contributed by atoms with Crippen molar-refractivity contribution in [3.05, 3.63) is 17.5 Å². The van der Waals surface area contributed by atoms with E-state index in [1.165, 1.54) is 24.1 Å². The molecule has 2 aliphatic rings. The van der Waals surface area contributed by atoms with E-state index in [4.69, 9.17) is 0 Å². The molecule has 0 aromatic carbocycles. The lowest BCUT2D eigenvalue weighted by molar-refractivity contribution is 0.206. The van der Waals surface area contributed by atoms with Crippen LogP contribution in [0.1, 0.15) is 30.5 Å². The first-order valence-corrected chi connectivity index (χ1v) is 6.56. The molecule has 92 valence electrons. The number of rotatable bonds is 1. The summed E-state index contributed by atoms with van der Waals surface area (Å²) in [5.41, 5.74) is 3.24. The second kappa shape index (κ2) is 3.85. The van der Waals surface area contributed by atoms with Crippen molar-refractivity contribution in [2.45, 2.75) is 37.9 Å². The second-order valence-electron chi connectivity index (χ2n) is 5.59. The summed E-state index contributed by atoms with van der Waals surface area (Å²) in [5.74, 6) is 0. The van der Waals surface area contributed by atoms with Gasteiger partial charge < -0.3 is 9.83 Å². The fraction of sp³-hybridized carbons (Fsp3) is 0.750. The van der Waals surface area contributed by atoms with Crippen LogP contribution in [-0.2, 0) is 18.9 Å². The Morgan fingerprint density at radius 2 is 2.06 bits per heavy atom. The van der Waals surface area contributed by atoms with Gasteiger partial charge in [0, 0.05) is 18.2 Å². The number of nitrogens with zero attached hydrogens (tertiary/aromatic N) is 3. The topological polar surface area (TPSA) is 41.3 Å². The van der Waals surface area contributed by atoms with Crippen LogP contribution >= 0.6 is 0 Å². The van der Waals surface area contributed by atoms with Gasteiger partial charge >= 0.3 is 7.05 Å². The van der Waals surface area contributed by atoms with Crippen molar-refractivity contribution in [1.82, 2.24) is 14.6 Å². The van der Waals surface area contributed by atoms with Crippen LogP contribution in [0.15, 0.2) is 6.20 Å². The molecule has 0 unspecified atom stereocenters. The lowest BCUT2D eigenvalue weighted by atomic mass is 9.72. The van der Waals surface area contributed by atoms with E-state index in [2.05, 4.69) is 21.6 Å². The van der Waals surface area contributed by atoms with Crippen LogP contribution < -0.4 is 0 Å². The lowest BCUT2D eigenvalue weighted by Gasteiger charge is -2.40. The Kier molecular flexibility index (Phi) is 2.56. The molecule has 1 aromatic rings. The van der Waals surface area contributed by atoms with Gasteiger partial charge in [-0.1, -0.05) is 0 Å². The molecule has 1 aliphatic heterocycles. The van der Waals surface area contributed by atoms with E-state index in [-0.39, 0.29) is 7.05 Å². The van der Waals surface area contributed by atoms with Crippen molar-refractivity contribution >= 4 is 7.05 Å². The van der Waals surface area contributed by atoms with Crippen molar-refractivity contribution in [3.63, 3.8) is 0 Å². The molecule has 4 nitrogen and oxygen atoms in total. The Morgan fingerprint density at radius 3 is 2.71 bits per heavy atom. The van der Waals surface area contributed by atoms with E-state index in [1.54, 1.807) is 0 Å². The number of piperidine rings is 1. The minimum atomic E-state index is -0.306. The van der Waals surface area contributed by atoms with Gasteiger partial charge in [0.25, 0.3) is 0 Å². The van der Waals surface area contributed by atoms with E-state index in [0.29, 0.717) is 5.41 Å². The van der Waals surface area contributed by atoms with E-state index in [1.807, 2.05) is 13.0 Å². The predicted molar refractivity (Wildman–Crippen MR) is 67.9 cm³/mol. The Hall–Kier alpha value is -0.805. The summed E-state index contributed by atoms with van der Waals surface area (Å²) in [6.45, 7) is 3.87. The third-order valence-electron chi connectivity index (χ3n) is 4.67. The van der Waals surface area contributed by atoms with Crippen molar-refractivity contribution in [1.29, 1.82) is 0 Å². The summed E-state index contributed by atoms with van der Waals surface area (Å²) in [4.78, 5) is 2.17. The van der Waals surface area contributed by atoms with Crippen LogP contribution in [-0.4, -0.2) is 39.8 Å². The minimum absolute atomic E-state index is 0.306. The Balaban J connectivity index is 1.84. The largest absolute Gasteiger partial charge is 0.437 e. The molecule has 1 fully saturated rings. The molecule has 1 spiro atoms. The molecule has 0 radical (unpaired) electrons. The molecule has 1 N–H and O–H groups in total. The first-order valence-electron chi connectivity index (χ1n) is 6.56. The molecular weight excluding hydrogens is 213 g/mol. The number of fused-ring (bicyclic) bond motifs is 2. The molecule has 0 bridgehead atoms. The summed E-state index contributed by atoms with van der Waals surface area (Å²) in [6, 6.07) is 0. The summed E-state index contributed by atoms with van der Waals surface area (Å²) >= 11 is 0. The van der Waals surface area contributed by atoms with Gasteiger partial charge in [-0.25, -0.2) is 0 Å². The van der Waals surface area contributed by atoms with Crippen LogP contribution in [0.2, 0.25) is 6.82 Å². The fourth-order valence-electron chi connectivity index (χ4n) is 3.65. The molecule has 17 heavy (non-hydrogen) atoms. The van der Waals surface area contributed by atoms with Crippen LogP contribution in [0.3, 0.4) is 0 Å². The highest BCUT2D eigenvalue weighted by Gasteiger charge is 2.44. The molecule has 3 rings (SSSR count). The first kappa shape index (κ1) is 11.3. The molecule has 5 heteroatoms. The van der Waals surface area contributed by atoms with E-state index in [9.17, 15) is 5.02 Å². The Bertz CT molecular complexity index is 421. The average Bonchev–Trinajstić information content (AvgIpc) is 2.84. The van der Waals surface area contributed by atoms with Gasteiger partial charge in [-0.3, -0.25) is 4.68 Å². The third-order valence-corrected chi connectivity index (χ3v) is 4.67. The van der Waals surface area contributed by atoms with Crippen LogP contribution in [0, 0.1) is 0 Å². The van der Waals surface area contributed by atoms with Gasteiger partial charge in [0.05, 0.1) is 6.20 Å². The zero-order valence-corrected chi connectivity index (χ0v) is 10.7. The standard InChI is InChI=1S/C12H20BN3O/c1-13(17)16-7-5-12(6-8-16)4-3-10-9-14-15(2)11(10)12/h9,17H,3-8H2,1-2H3. The number of hydrogen-bond acceptors (Lipinski definition) is 3. The summed E-state index contributed by atoms with van der Waals surface area (Å²) in [7, 11) is 1.76. The predicted octanol–water partition coefficient (Wildman–Crippen LogP) is 0.810. The number of aryl methyl sites for hydroxylation is 2. The minimum Gasteiger partial charge on any atom is -0.437 e. The fourth-order valence-corrected chi connectivity index (χ4v) is 3.65. The van der Waals surface area contributed by atoms with Crippen LogP contribution in [0.25, 0.3) is 0 Å². The maximum Gasteiger partial charge on any atom is 0.376 e. The molecule has 0 amide bonds.